The number of hydrogen-bond donors (Lipinski definition) is 0. The summed E-state index contributed by atoms with van der Waals surface area (Å²) in [5.74, 6) is -3.83. The fourth-order valence-corrected chi connectivity index (χ4v) is 3.01. The van der Waals surface area contributed by atoms with Gasteiger partial charge in [-0.25, -0.2) is 0 Å². The third kappa shape index (κ3) is 4.93. The Morgan fingerprint density at radius 2 is 1.69 bits per heavy atom. The zero-order valence-electron chi connectivity index (χ0n) is 15.3. The van der Waals surface area contributed by atoms with Crippen molar-refractivity contribution in [2.45, 2.75) is 62.9 Å². The van der Waals surface area contributed by atoms with Crippen LogP contribution in [0, 0.1) is 0 Å². The molecule has 2 atom stereocenters. The number of methoxy groups -OCH3 is 2. The van der Waals surface area contributed by atoms with Gasteiger partial charge >= 0.3 is 15.6 Å². The Morgan fingerprint density at radius 1 is 1.19 bits per heavy atom. The summed E-state index contributed by atoms with van der Waals surface area (Å²) in [6.45, 7) is 5.22. The normalized spacial score (nSPS) is 25.3. The average molecular weight is 408 g/mol. The number of alkyl halides is 3. The van der Waals surface area contributed by atoms with Crippen molar-refractivity contribution in [3.05, 3.63) is 0 Å². The fraction of sp³-hybridized carbons (Fsp3) is 0.929. The van der Waals surface area contributed by atoms with Crippen LogP contribution in [0.4, 0.5) is 13.2 Å². The van der Waals surface area contributed by atoms with Crippen molar-refractivity contribution >= 4 is 15.9 Å². The van der Waals surface area contributed by atoms with Gasteiger partial charge < -0.3 is 18.9 Å². The molecule has 1 heterocycles. The van der Waals surface area contributed by atoms with Gasteiger partial charge in [0.25, 0.3) is 0 Å². The van der Waals surface area contributed by atoms with Crippen molar-refractivity contribution < 1.29 is 49.5 Å². The maximum absolute atomic E-state index is 12.7. The van der Waals surface area contributed by atoms with Gasteiger partial charge in [0.05, 0.1) is 6.61 Å². The number of ketones is 1. The molecule has 0 unspecified atom stereocenters. The van der Waals surface area contributed by atoms with E-state index in [1.165, 1.54) is 27.7 Å². The molecule has 0 amide bonds. The Morgan fingerprint density at radius 3 is 2.04 bits per heavy atom. The second kappa shape index (κ2) is 7.32. The van der Waals surface area contributed by atoms with Gasteiger partial charge in [-0.1, -0.05) is 0 Å². The average Bonchev–Trinajstić information content (AvgIpc) is 2.79. The maximum Gasteiger partial charge on any atom is 0.523 e. The molecule has 0 saturated carbocycles. The van der Waals surface area contributed by atoms with E-state index in [0.29, 0.717) is 0 Å². The molecule has 1 rings (SSSR count). The maximum atomic E-state index is 12.7. The highest BCUT2D eigenvalue weighted by Crippen LogP contribution is 2.38. The molecule has 12 heteroatoms. The van der Waals surface area contributed by atoms with E-state index in [4.69, 9.17) is 18.9 Å². The Kier molecular flexibility index (Phi) is 6.55. The highest BCUT2D eigenvalue weighted by molar-refractivity contribution is 7.87. The summed E-state index contributed by atoms with van der Waals surface area (Å²) in [6, 6.07) is 0. The first-order valence-electron chi connectivity index (χ1n) is 7.49. The Labute approximate surface area is 150 Å². The first kappa shape index (κ1) is 23.2. The Balaban J connectivity index is 3.21. The smallest absolute Gasteiger partial charge is 0.347 e. The van der Waals surface area contributed by atoms with Gasteiger partial charge in [-0.2, -0.15) is 21.6 Å². The van der Waals surface area contributed by atoms with Crippen molar-refractivity contribution in [1.29, 1.82) is 0 Å². The molecule has 0 aromatic heterocycles. The second-order valence-corrected chi connectivity index (χ2v) is 8.13. The predicted molar refractivity (Wildman–Crippen MR) is 81.4 cm³/mol. The van der Waals surface area contributed by atoms with Crippen LogP contribution in [0.25, 0.3) is 0 Å². The van der Waals surface area contributed by atoms with Gasteiger partial charge in [0.1, 0.15) is 11.7 Å². The number of rotatable bonds is 8. The van der Waals surface area contributed by atoms with Crippen molar-refractivity contribution in [3.63, 3.8) is 0 Å². The fourth-order valence-electron chi connectivity index (χ4n) is 2.32. The van der Waals surface area contributed by atoms with E-state index in [-0.39, 0.29) is 6.61 Å². The minimum atomic E-state index is -5.98. The Hall–Kier alpha value is -0.790. The highest BCUT2D eigenvalue weighted by Gasteiger charge is 2.56. The molecule has 0 aliphatic carbocycles. The number of carbonyl (C=O) groups excluding carboxylic acids is 1. The number of ether oxygens (including phenoxy) is 4. The summed E-state index contributed by atoms with van der Waals surface area (Å²) in [6.07, 6.45) is -2.61. The van der Waals surface area contributed by atoms with E-state index < -0.39 is 51.1 Å². The Bertz CT molecular complexity index is 627. The molecule has 0 aromatic carbocycles. The molecule has 0 spiro atoms. The van der Waals surface area contributed by atoms with Crippen molar-refractivity contribution in [2.24, 2.45) is 0 Å². The van der Waals surface area contributed by atoms with Crippen LogP contribution in [0.1, 0.15) is 34.1 Å². The van der Waals surface area contributed by atoms with Gasteiger partial charge in [0.15, 0.2) is 11.6 Å². The molecule has 8 nitrogen and oxygen atoms in total. The number of halogens is 3. The van der Waals surface area contributed by atoms with Gasteiger partial charge in [0, 0.05) is 20.6 Å². The van der Waals surface area contributed by atoms with Crippen LogP contribution >= 0.6 is 0 Å². The zero-order valence-corrected chi connectivity index (χ0v) is 16.1. The molecule has 0 N–H and O–H groups in total. The summed E-state index contributed by atoms with van der Waals surface area (Å²) in [7, 11) is -3.67. The van der Waals surface area contributed by atoms with E-state index in [0.717, 1.165) is 14.2 Å². The first-order chi connectivity index (χ1) is 11.5. The molecule has 0 aromatic rings. The summed E-state index contributed by atoms with van der Waals surface area (Å²) in [4.78, 5) is 12.4. The molecule has 0 bridgehead atoms. The van der Waals surface area contributed by atoms with Crippen LogP contribution in [0.3, 0.4) is 0 Å². The van der Waals surface area contributed by atoms with Gasteiger partial charge in [-0.05, 0) is 27.7 Å². The molecule has 154 valence electrons. The molecule has 1 saturated heterocycles. The van der Waals surface area contributed by atoms with Crippen LogP contribution in [-0.2, 0) is 38.0 Å². The van der Waals surface area contributed by atoms with Crippen molar-refractivity contribution in [2.75, 3.05) is 20.8 Å². The third-order valence-corrected chi connectivity index (χ3v) is 5.10. The van der Waals surface area contributed by atoms with Gasteiger partial charge in [-0.3, -0.25) is 8.98 Å². The monoisotopic (exact) mass is 408 g/mol. The van der Waals surface area contributed by atoms with E-state index in [9.17, 15) is 26.4 Å². The summed E-state index contributed by atoms with van der Waals surface area (Å²) < 4.78 is 86.2. The first-order valence-corrected chi connectivity index (χ1v) is 8.90. The third-order valence-electron chi connectivity index (χ3n) is 4.05. The van der Waals surface area contributed by atoms with E-state index in [1.54, 1.807) is 0 Å². The number of Topliss-reactive ketones (excluding diaryl/α,β-unsaturated/α-hetero) is 1. The van der Waals surface area contributed by atoms with E-state index in [2.05, 4.69) is 4.18 Å². The lowest BCUT2D eigenvalue weighted by Crippen LogP contribution is -2.51. The van der Waals surface area contributed by atoms with Crippen LogP contribution in [0.15, 0.2) is 0 Å². The molecule has 1 aliphatic heterocycles. The zero-order chi connectivity index (χ0) is 20.6. The summed E-state index contributed by atoms with van der Waals surface area (Å²) in [5.41, 5.74) is -7.30. The lowest BCUT2D eigenvalue weighted by atomic mass is 9.93. The van der Waals surface area contributed by atoms with Crippen molar-refractivity contribution in [1.82, 2.24) is 0 Å². The van der Waals surface area contributed by atoms with Crippen LogP contribution in [0.5, 0.6) is 0 Å². The van der Waals surface area contributed by atoms with E-state index in [1.807, 2.05) is 0 Å². The molecule has 26 heavy (non-hydrogen) atoms. The molecule has 1 aliphatic rings. The molecular weight excluding hydrogens is 385 g/mol. The topological polar surface area (TPSA) is 97.4 Å². The molecule has 0 radical (unpaired) electrons. The van der Waals surface area contributed by atoms with Crippen molar-refractivity contribution in [3.8, 4) is 0 Å². The van der Waals surface area contributed by atoms with Gasteiger partial charge in [0.2, 0.25) is 5.79 Å². The minimum absolute atomic E-state index is 0.290. The summed E-state index contributed by atoms with van der Waals surface area (Å²) >= 11 is 0. The number of carbonyl (C=O) groups is 1. The lowest BCUT2D eigenvalue weighted by Gasteiger charge is -2.34. The SMILES string of the molecule is COC(C)(OC)C(=O)C[C@H](OS(=O)(=O)C(F)(F)F)[C@@]1(C)COC(C)(C)O1. The molecular formula is C14H23F3O8S. The highest BCUT2D eigenvalue weighted by atomic mass is 32.2. The van der Waals surface area contributed by atoms with Crippen LogP contribution in [0.2, 0.25) is 0 Å². The standard InChI is InChI=1S/C14H23F3O8S/c1-11(2)23-8-12(3,25-11)10(24-26(19,20)14(15,16)17)7-9(18)13(4,21-5)22-6/h10H,7-8H2,1-6H3/t10-,12+/m0/s1. The quantitative estimate of drug-likeness (QED) is 0.340. The lowest BCUT2D eigenvalue weighted by molar-refractivity contribution is -0.205. The molecule has 1 fully saturated rings. The second-order valence-electron chi connectivity index (χ2n) is 6.57. The van der Waals surface area contributed by atoms with Crippen LogP contribution in [-0.4, -0.2) is 63.8 Å². The minimum Gasteiger partial charge on any atom is -0.347 e. The van der Waals surface area contributed by atoms with Crippen LogP contribution < -0.4 is 0 Å². The number of hydrogen-bond acceptors (Lipinski definition) is 8. The van der Waals surface area contributed by atoms with Gasteiger partial charge in [-0.15, -0.1) is 0 Å². The summed E-state index contributed by atoms with van der Waals surface area (Å²) in [5, 5.41) is 0. The van der Waals surface area contributed by atoms with E-state index >= 15 is 0 Å². The largest absolute Gasteiger partial charge is 0.523 e. The predicted octanol–water partition coefficient (Wildman–Crippen LogP) is 1.73.